The molecule has 0 amide bonds. The maximum atomic E-state index is 14.3. The highest BCUT2D eigenvalue weighted by atomic mass is 19.1. The van der Waals surface area contributed by atoms with Crippen LogP contribution in [0, 0.1) is 29.4 Å². The van der Waals surface area contributed by atoms with Crippen LogP contribution >= 0.6 is 0 Å². The number of aliphatic hydroxyl groups excluding tert-OH is 1. The van der Waals surface area contributed by atoms with Crippen molar-refractivity contribution in [1.82, 2.24) is 4.90 Å². The molecule has 4 heteroatoms. The second-order valence-corrected chi connectivity index (χ2v) is 11.3. The standard InChI is InChI=1S/C29H43F2NO/c1-21(33)14-24-12-13-29(28(15-24)25-16-26(30)18-27(31)17-25)32(19-22-8-4-2-5-9-22)20-23-10-6-3-7-11-23/h16-18,22-24,28-29,33H,1-15,19-20H2/t24-,28-,29+/m0/s1. The molecular weight excluding hydrogens is 416 g/mol. The average Bonchev–Trinajstić information content (AvgIpc) is 2.79. The molecule has 3 aliphatic rings. The third kappa shape index (κ3) is 7.04. The predicted molar refractivity (Wildman–Crippen MR) is 131 cm³/mol. The maximum Gasteiger partial charge on any atom is 0.126 e. The highest BCUT2D eigenvalue weighted by Crippen LogP contribution is 2.43. The first kappa shape index (κ1) is 24.7. The molecule has 184 valence electrons. The zero-order valence-electron chi connectivity index (χ0n) is 20.3. The second-order valence-electron chi connectivity index (χ2n) is 11.3. The molecule has 0 radical (unpaired) electrons. The van der Waals surface area contributed by atoms with Crippen molar-refractivity contribution in [3.8, 4) is 0 Å². The Morgan fingerprint density at radius 1 is 0.788 bits per heavy atom. The number of nitrogens with zero attached hydrogens (tertiary/aromatic N) is 1. The molecule has 33 heavy (non-hydrogen) atoms. The van der Waals surface area contributed by atoms with Crippen LogP contribution in [0.1, 0.15) is 101 Å². The van der Waals surface area contributed by atoms with E-state index in [4.69, 9.17) is 0 Å². The first-order valence-electron chi connectivity index (χ1n) is 13.5. The van der Waals surface area contributed by atoms with Crippen molar-refractivity contribution in [3.63, 3.8) is 0 Å². The molecule has 0 heterocycles. The quantitative estimate of drug-likeness (QED) is 0.397. The van der Waals surface area contributed by atoms with Crippen LogP contribution in [0.25, 0.3) is 0 Å². The maximum absolute atomic E-state index is 14.3. The van der Waals surface area contributed by atoms with E-state index in [0.29, 0.717) is 18.4 Å². The van der Waals surface area contributed by atoms with Gasteiger partial charge in [0, 0.05) is 31.6 Å². The molecule has 2 nitrogen and oxygen atoms in total. The summed E-state index contributed by atoms with van der Waals surface area (Å²) < 4.78 is 28.5. The van der Waals surface area contributed by atoms with Gasteiger partial charge in [0.05, 0.1) is 5.76 Å². The molecule has 0 spiro atoms. The van der Waals surface area contributed by atoms with Gasteiger partial charge in [-0.25, -0.2) is 8.78 Å². The predicted octanol–water partition coefficient (Wildman–Crippen LogP) is 8.14. The Hall–Kier alpha value is -1.42. The SMILES string of the molecule is C=C(O)C[C@@H]1CC[C@@H](N(CC2CCCCC2)CC2CCCCC2)[C@H](c2cc(F)cc(F)c2)C1. The number of hydrogen-bond donors (Lipinski definition) is 1. The van der Waals surface area contributed by atoms with Crippen LogP contribution in [-0.2, 0) is 0 Å². The van der Waals surface area contributed by atoms with E-state index in [2.05, 4.69) is 11.5 Å². The van der Waals surface area contributed by atoms with E-state index in [1.165, 1.54) is 64.2 Å². The van der Waals surface area contributed by atoms with Crippen molar-refractivity contribution < 1.29 is 13.9 Å². The minimum absolute atomic E-state index is 0.0977. The molecule has 0 saturated heterocycles. The summed E-state index contributed by atoms with van der Waals surface area (Å²) in [4.78, 5) is 2.75. The molecule has 0 aromatic heterocycles. The minimum atomic E-state index is -0.483. The molecule has 1 aromatic rings. The monoisotopic (exact) mass is 459 g/mol. The van der Waals surface area contributed by atoms with Gasteiger partial charge in [0.15, 0.2) is 0 Å². The van der Waals surface area contributed by atoms with Crippen LogP contribution in [0.4, 0.5) is 8.78 Å². The Kier molecular flexibility index (Phi) is 8.85. The number of hydrogen-bond acceptors (Lipinski definition) is 2. The zero-order chi connectivity index (χ0) is 23.2. The van der Waals surface area contributed by atoms with E-state index >= 15 is 0 Å². The zero-order valence-corrected chi connectivity index (χ0v) is 20.3. The van der Waals surface area contributed by atoms with Crippen molar-refractivity contribution >= 4 is 0 Å². The smallest absolute Gasteiger partial charge is 0.126 e. The summed E-state index contributed by atoms with van der Waals surface area (Å²) in [5, 5.41) is 9.83. The lowest BCUT2D eigenvalue weighted by Gasteiger charge is -2.46. The van der Waals surface area contributed by atoms with Crippen molar-refractivity contribution in [1.29, 1.82) is 0 Å². The van der Waals surface area contributed by atoms with Crippen LogP contribution in [0.15, 0.2) is 30.5 Å². The van der Waals surface area contributed by atoms with Crippen molar-refractivity contribution in [2.45, 2.75) is 102 Å². The Labute approximate surface area is 199 Å². The Morgan fingerprint density at radius 3 is 1.85 bits per heavy atom. The number of aliphatic hydroxyl groups is 1. The van der Waals surface area contributed by atoms with Crippen LogP contribution in [0.5, 0.6) is 0 Å². The molecule has 3 atom stereocenters. The summed E-state index contributed by atoms with van der Waals surface area (Å²) in [7, 11) is 0. The summed E-state index contributed by atoms with van der Waals surface area (Å²) in [6.45, 7) is 5.97. The van der Waals surface area contributed by atoms with E-state index in [1.807, 2.05) is 0 Å². The van der Waals surface area contributed by atoms with Crippen molar-refractivity contribution in [3.05, 3.63) is 47.7 Å². The fourth-order valence-electron chi connectivity index (χ4n) is 7.09. The van der Waals surface area contributed by atoms with Crippen LogP contribution in [0.3, 0.4) is 0 Å². The van der Waals surface area contributed by atoms with Gasteiger partial charge in [-0.3, -0.25) is 4.90 Å². The van der Waals surface area contributed by atoms with E-state index in [0.717, 1.165) is 55.8 Å². The van der Waals surface area contributed by atoms with Crippen molar-refractivity contribution in [2.24, 2.45) is 17.8 Å². The van der Waals surface area contributed by atoms with Gasteiger partial charge >= 0.3 is 0 Å². The Morgan fingerprint density at radius 2 is 1.33 bits per heavy atom. The molecule has 1 N–H and O–H groups in total. The van der Waals surface area contributed by atoms with Gasteiger partial charge in [-0.15, -0.1) is 0 Å². The molecule has 4 rings (SSSR count). The first-order valence-corrected chi connectivity index (χ1v) is 13.5. The molecule has 3 aliphatic carbocycles. The highest BCUT2D eigenvalue weighted by Gasteiger charge is 2.37. The first-order chi connectivity index (χ1) is 16.0. The molecule has 0 bridgehead atoms. The highest BCUT2D eigenvalue weighted by molar-refractivity contribution is 5.25. The normalized spacial score (nSPS) is 27.7. The largest absolute Gasteiger partial charge is 0.513 e. The van der Waals surface area contributed by atoms with Gasteiger partial charge in [0.25, 0.3) is 0 Å². The number of rotatable bonds is 8. The molecule has 3 fully saturated rings. The van der Waals surface area contributed by atoms with E-state index in [9.17, 15) is 13.9 Å². The molecule has 0 aliphatic heterocycles. The molecule has 0 unspecified atom stereocenters. The molecule has 1 aromatic carbocycles. The van der Waals surface area contributed by atoms with Gasteiger partial charge in [-0.1, -0.05) is 45.1 Å². The lowest BCUT2D eigenvalue weighted by Crippen LogP contribution is -2.47. The lowest BCUT2D eigenvalue weighted by molar-refractivity contribution is 0.0666. The van der Waals surface area contributed by atoms with E-state index in [1.54, 1.807) is 12.1 Å². The third-order valence-corrected chi connectivity index (χ3v) is 8.66. The van der Waals surface area contributed by atoms with Crippen LogP contribution in [0.2, 0.25) is 0 Å². The van der Waals surface area contributed by atoms with Crippen LogP contribution < -0.4 is 0 Å². The number of allylic oxidation sites excluding steroid dienone is 1. The average molecular weight is 460 g/mol. The third-order valence-electron chi connectivity index (χ3n) is 8.66. The second kappa shape index (κ2) is 11.8. The van der Waals surface area contributed by atoms with Crippen LogP contribution in [-0.4, -0.2) is 29.1 Å². The Bertz CT molecular complexity index is 729. The molecular formula is C29H43F2NO. The van der Waals surface area contributed by atoms with Gasteiger partial charge in [-0.05, 0) is 86.3 Å². The fourth-order valence-corrected chi connectivity index (χ4v) is 7.09. The summed E-state index contributed by atoms with van der Waals surface area (Å²) in [5.74, 6) is 1.18. The van der Waals surface area contributed by atoms with Crippen molar-refractivity contribution in [2.75, 3.05) is 13.1 Å². The lowest BCUT2D eigenvalue weighted by atomic mass is 9.72. The topological polar surface area (TPSA) is 23.5 Å². The summed E-state index contributed by atoms with van der Waals surface area (Å²) in [5.41, 5.74) is 0.794. The number of halogens is 2. The van der Waals surface area contributed by atoms with Gasteiger partial charge in [0.2, 0.25) is 0 Å². The van der Waals surface area contributed by atoms with Gasteiger partial charge in [-0.2, -0.15) is 0 Å². The summed E-state index contributed by atoms with van der Waals surface area (Å²) in [6, 6.07) is 4.40. The number of benzene rings is 1. The summed E-state index contributed by atoms with van der Waals surface area (Å²) >= 11 is 0. The van der Waals surface area contributed by atoms with E-state index < -0.39 is 11.6 Å². The fraction of sp³-hybridized carbons (Fsp3) is 0.724. The minimum Gasteiger partial charge on any atom is -0.513 e. The summed E-state index contributed by atoms with van der Waals surface area (Å²) in [6.07, 6.45) is 16.9. The van der Waals surface area contributed by atoms with Gasteiger partial charge in [0.1, 0.15) is 11.6 Å². The molecule has 3 saturated carbocycles. The van der Waals surface area contributed by atoms with E-state index in [-0.39, 0.29) is 11.7 Å². The Balaban J connectivity index is 1.59. The van der Waals surface area contributed by atoms with Gasteiger partial charge < -0.3 is 5.11 Å².